The van der Waals surface area contributed by atoms with Crippen LogP contribution in [0.5, 0.6) is 0 Å². The van der Waals surface area contributed by atoms with Gasteiger partial charge in [-0.3, -0.25) is 9.98 Å². The number of H-pyrrole nitrogens is 1. The summed E-state index contributed by atoms with van der Waals surface area (Å²) in [6, 6.07) is 1.95. The van der Waals surface area contributed by atoms with Gasteiger partial charge in [-0.05, 0) is 15.9 Å². The van der Waals surface area contributed by atoms with Gasteiger partial charge in [-0.2, -0.15) is 5.26 Å². The molecule has 2 aromatic heterocycles. The zero-order valence-corrected chi connectivity index (χ0v) is 12.7. The van der Waals surface area contributed by atoms with Gasteiger partial charge in [0.15, 0.2) is 11.2 Å². The van der Waals surface area contributed by atoms with Crippen LogP contribution in [0.1, 0.15) is 5.56 Å². The summed E-state index contributed by atoms with van der Waals surface area (Å²) in [6.45, 7) is -0.717. The SMILES string of the molecule is N#Cc1c(Br)[nH]c2c1c(=N)ncn2[C@]1(O)CO[C@@H](CO)C1O. The van der Waals surface area contributed by atoms with E-state index >= 15 is 0 Å². The molecule has 0 amide bonds. The molecule has 9 nitrogen and oxygen atoms in total. The Morgan fingerprint density at radius 2 is 2.41 bits per heavy atom. The van der Waals surface area contributed by atoms with Gasteiger partial charge in [-0.25, -0.2) is 4.98 Å². The number of hydrogen-bond acceptors (Lipinski definition) is 7. The number of aromatic nitrogens is 3. The Labute approximate surface area is 132 Å². The molecule has 0 aliphatic carbocycles. The first-order valence-corrected chi connectivity index (χ1v) is 7.10. The van der Waals surface area contributed by atoms with Crippen LogP contribution in [0.25, 0.3) is 11.0 Å². The van der Waals surface area contributed by atoms with Crippen LogP contribution in [0.4, 0.5) is 0 Å². The molecule has 3 heterocycles. The predicted octanol–water partition coefficient (Wildman–Crippen LogP) is -1.12. The molecule has 1 fully saturated rings. The highest BCUT2D eigenvalue weighted by atomic mass is 79.9. The first kappa shape index (κ1) is 15.1. The molecule has 0 saturated carbocycles. The molecule has 10 heteroatoms. The lowest BCUT2D eigenvalue weighted by molar-refractivity contribution is -0.110. The van der Waals surface area contributed by atoms with Gasteiger partial charge in [-0.1, -0.05) is 0 Å². The molecule has 1 unspecified atom stereocenters. The largest absolute Gasteiger partial charge is 0.394 e. The maximum atomic E-state index is 10.8. The lowest BCUT2D eigenvalue weighted by Gasteiger charge is -2.29. The van der Waals surface area contributed by atoms with E-state index in [0.29, 0.717) is 4.60 Å². The van der Waals surface area contributed by atoms with Crippen molar-refractivity contribution in [3.05, 3.63) is 22.0 Å². The normalized spacial score (nSPS) is 28.1. The number of hydrogen-bond donors (Lipinski definition) is 5. The quantitative estimate of drug-likeness (QED) is 0.452. The van der Waals surface area contributed by atoms with Gasteiger partial charge in [-0.15, -0.1) is 0 Å². The Balaban J connectivity index is 2.28. The van der Waals surface area contributed by atoms with Crippen molar-refractivity contribution < 1.29 is 20.1 Å². The fourth-order valence-electron chi connectivity index (χ4n) is 2.57. The van der Waals surface area contributed by atoms with Crippen LogP contribution in [0.3, 0.4) is 0 Å². The van der Waals surface area contributed by atoms with E-state index in [0.717, 1.165) is 0 Å². The third kappa shape index (κ3) is 1.91. The smallest absolute Gasteiger partial charge is 0.197 e. The number of ether oxygens (including phenoxy) is 1. The lowest BCUT2D eigenvalue weighted by Crippen LogP contribution is -2.47. The fraction of sp³-hybridized carbons (Fsp3) is 0.417. The number of nitriles is 1. The van der Waals surface area contributed by atoms with Crippen molar-refractivity contribution in [2.45, 2.75) is 17.9 Å². The Bertz CT molecular complexity index is 840. The Morgan fingerprint density at radius 1 is 1.68 bits per heavy atom. The molecule has 0 radical (unpaired) electrons. The minimum atomic E-state index is -1.87. The van der Waals surface area contributed by atoms with Crippen LogP contribution in [-0.2, 0) is 10.5 Å². The summed E-state index contributed by atoms with van der Waals surface area (Å²) in [7, 11) is 0. The average molecular weight is 370 g/mol. The van der Waals surface area contributed by atoms with Crippen LogP contribution in [0.15, 0.2) is 10.9 Å². The van der Waals surface area contributed by atoms with E-state index < -0.39 is 24.5 Å². The van der Waals surface area contributed by atoms with Gasteiger partial charge in [0.25, 0.3) is 0 Å². The van der Waals surface area contributed by atoms with Crippen LogP contribution in [0.2, 0.25) is 0 Å². The summed E-state index contributed by atoms with van der Waals surface area (Å²) in [4.78, 5) is 6.70. The second-order valence-corrected chi connectivity index (χ2v) is 5.76. The molecule has 0 bridgehead atoms. The van der Waals surface area contributed by atoms with Crippen LogP contribution >= 0.6 is 15.9 Å². The number of nitrogens with one attached hydrogen (secondary N) is 2. The maximum absolute atomic E-state index is 10.8. The summed E-state index contributed by atoms with van der Waals surface area (Å²) < 4.78 is 6.75. The summed E-state index contributed by atoms with van der Waals surface area (Å²) in [5.74, 6) is 0. The molecule has 116 valence electrons. The van der Waals surface area contributed by atoms with Crippen molar-refractivity contribution in [1.29, 1.82) is 10.7 Å². The topological polar surface area (TPSA) is 151 Å². The number of aromatic amines is 1. The van der Waals surface area contributed by atoms with Crippen molar-refractivity contribution >= 4 is 27.0 Å². The van der Waals surface area contributed by atoms with Gasteiger partial charge in [0, 0.05) is 0 Å². The van der Waals surface area contributed by atoms with Crippen LogP contribution in [-0.4, -0.2) is 55.3 Å². The van der Waals surface area contributed by atoms with Crippen LogP contribution < -0.4 is 5.49 Å². The summed E-state index contributed by atoms with van der Waals surface area (Å²) in [6.07, 6.45) is -1.14. The molecule has 2 aromatic rings. The number of fused-ring (bicyclic) bond motifs is 1. The molecular weight excluding hydrogens is 358 g/mol. The summed E-state index contributed by atoms with van der Waals surface area (Å²) >= 11 is 3.19. The molecule has 3 atom stereocenters. The zero-order valence-electron chi connectivity index (χ0n) is 11.1. The van der Waals surface area contributed by atoms with Crippen molar-refractivity contribution in [2.24, 2.45) is 0 Å². The van der Waals surface area contributed by atoms with Gasteiger partial charge < -0.3 is 25.0 Å². The Kier molecular flexibility index (Phi) is 3.54. The van der Waals surface area contributed by atoms with Crippen molar-refractivity contribution in [3.63, 3.8) is 0 Å². The molecule has 1 aliphatic rings. The first-order chi connectivity index (χ1) is 10.4. The molecule has 3 rings (SSSR count). The molecule has 1 saturated heterocycles. The maximum Gasteiger partial charge on any atom is 0.197 e. The minimum Gasteiger partial charge on any atom is -0.394 e. The van der Waals surface area contributed by atoms with E-state index in [9.17, 15) is 15.5 Å². The predicted molar refractivity (Wildman–Crippen MR) is 75.4 cm³/mol. The molecule has 1 aliphatic heterocycles. The van der Waals surface area contributed by atoms with Gasteiger partial charge in [0.05, 0.1) is 24.2 Å². The third-order valence-electron chi connectivity index (χ3n) is 3.76. The minimum absolute atomic E-state index is 0.138. The first-order valence-electron chi connectivity index (χ1n) is 6.31. The van der Waals surface area contributed by atoms with E-state index in [1.807, 2.05) is 6.07 Å². The third-order valence-corrected chi connectivity index (χ3v) is 4.35. The van der Waals surface area contributed by atoms with Gasteiger partial charge in [0.1, 0.15) is 34.9 Å². The monoisotopic (exact) mass is 369 g/mol. The molecule has 0 aromatic carbocycles. The van der Waals surface area contributed by atoms with E-state index in [2.05, 4.69) is 25.9 Å². The number of halogens is 1. The molecule has 0 spiro atoms. The van der Waals surface area contributed by atoms with Crippen molar-refractivity contribution in [3.8, 4) is 6.07 Å². The second-order valence-electron chi connectivity index (χ2n) is 4.97. The highest BCUT2D eigenvalue weighted by Gasteiger charge is 2.50. The van der Waals surface area contributed by atoms with E-state index in [4.69, 9.17) is 15.3 Å². The van der Waals surface area contributed by atoms with Crippen molar-refractivity contribution in [1.82, 2.24) is 14.5 Å². The molecule has 5 N–H and O–H groups in total. The Hall–Kier alpha value is -1.77. The van der Waals surface area contributed by atoms with Gasteiger partial charge in [0.2, 0.25) is 0 Å². The fourth-order valence-corrected chi connectivity index (χ4v) is 3.05. The summed E-state index contributed by atoms with van der Waals surface area (Å²) in [5.41, 5.74) is -1.59. The van der Waals surface area contributed by atoms with Crippen LogP contribution in [0, 0.1) is 16.7 Å². The standard InChI is InChI=1S/C12H12BrN5O4/c13-9-5(1-14)7-10(15)16-4-18(11(7)17-9)12(21)3-22-6(2-19)8(12)20/h4,6,8,15,17,19-21H,2-3H2/t6-,8?,12-/m0/s1. The highest BCUT2D eigenvalue weighted by Crippen LogP contribution is 2.32. The number of nitrogens with zero attached hydrogens (tertiary/aromatic N) is 3. The number of aliphatic hydroxyl groups is 3. The molecule has 22 heavy (non-hydrogen) atoms. The zero-order chi connectivity index (χ0) is 16.1. The van der Waals surface area contributed by atoms with E-state index in [-0.39, 0.29) is 28.7 Å². The average Bonchev–Trinajstić information content (AvgIpc) is 2.98. The lowest BCUT2D eigenvalue weighted by atomic mass is 10.1. The Morgan fingerprint density at radius 3 is 3.00 bits per heavy atom. The number of aliphatic hydroxyl groups excluding tert-OH is 2. The van der Waals surface area contributed by atoms with E-state index in [1.165, 1.54) is 10.9 Å². The highest BCUT2D eigenvalue weighted by molar-refractivity contribution is 9.10. The van der Waals surface area contributed by atoms with E-state index in [1.54, 1.807) is 0 Å². The summed E-state index contributed by atoms with van der Waals surface area (Å²) in [5, 5.41) is 47.4. The molecular formula is C12H12BrN5O4. The second kappa shape index (κ2) is 5.15. The van der Waals surface area contributed by atoms with Gasteiger partial charge >= 0.3 is 0 Å². The van der Waals surface area contributed by atoms with Crippen molar-refractivity contribution in [2.75, 3.05) is 13.2 Å². The number of rotatable bonds is 2.